The third-order valence-corrected chi connectivity index (χ3v) is 6.17. The molecule has 3 aromatic carbocycles. The minimum Gasteiger partial charge on any atom is -0.284 e. The van der Waals surface area contributed by atoms with Crippen LogP contribution in [0.25, 0.3) is 10.8 Å². The molecule has 0 radical (unpaired) electrons. The number of aryl methyl sites for hydroxylation is 2. The van der Waals surface area contributed by atoms with Gasteiger partial charge < -0.3 is 0 Å². The second kappa shape index (κ2) is 8.21. The summed E-state index contributed by atoms with van der Waals surface area (Å²) in [6.45, 7) is 6.54. The molecule has 1 amide bonds. The maximum Gasteiger partial charge on any atom is 0.242 e. The van der Waals surface area contributed by atoms with Gasteiger partial charge in [0, 0.05) is 0 Å². The lowest BCUT2D eigenvalue weighted by Crippen LogP contribution is -2.30. The number of amides is 1. The quantitative estimate of drug-likeness (QED) is 0.439. The van der Waals surface area contributed by atoms with Crippen LogP contribution in [0.1, 0.15) is 29.2 Å². The number of amidine groups is 1. The van der Waals surface area contributed by atoms with Crippen LogP contribution in [0.3, 0.4) is 0 Å². The van der Waals surface area contributed by atoms with E-state index >= 15 is 0 Å². The number of carbonyl (C=O) groups excluding carboxylic acids is 1. The molecule has 0 unspecified atom stereocenters. The molecule has 1 saturated heterocycles. The molecule has 4 nitrogen and oxygen atoms in total. The smallest absolute Gasteiger partial charge is 0.242 e. The standard InChI is InChI=1S/C24H23N3OS/c1-16-11-12-20(17(2)13-16)14-25-26-24-27(23(28)18(3)29-24)15-21-9-6-8-19-7-4-5-10-22(19)21/h4-14,18H,15H2,1-3H3/b25-14-,26-24+/t18-/m1/s1. The summed E-state index contributed by atoms with van der Waals surface area (Å²) in [6.07, 6.45) is 1.76. The molecule has 1 heterocycles. The van der Waals surface area contributed by atoms with Crippen molar-refractivity contribution in [3.8, 4) is 0 Å². The Bertz CT molecular complexity index is 1130. The normalized spacial score (nSPS) is 18.4. The number of carbonyl (C=O) groups is 1. The molecule has 0 saturated carbocycles. The number of benzene rings is 3. The van der Waals surface area contributed by atoms with Gasteiger partial charge in [0.05, 0.1) is 18.0 Å². The minimum absolute atomic E-state index is 0.0726. The van der Waals surface area contributed by atoms with E-state index in [9.17, 15) is 4.79 Å². The fourth-order valence-electron chi connectivity index (χ4n) is 3.52. The topological polar surface area (TPSA) is 45.0 Å². The molecule has 0 aliphatic carbocycles. The van der Waals surface area contributed by atoms with Gasteiger partial charge in [-0.25, -0.2) is 0 Å². The van der Waals surface area contributed by atoms with Crippen LogP contribution >= 0.6 is 11.8 Å². The summed E-state index contributed by atoms with van der Waals surface area (Å²) >= 11 is 1.46. The second-order valence-electron chi connectivity index (χ2n) is 7.31. The number of nitrogens with zero attached hydrogens (tertiary/aromatic N) is 3. The van der Waals surface area contributed by atoms with Crippen molar-refractivity contribution >= 4 is 39.8 Å². The average molecular weight is 402 g/mol. The zero-order valence-corrected chi connectivity index (χ0v) is 17.6. The van der Waals surface area contributed by atoms with E-state index in [2.05, 4.69) is 60.4 Å². The third-order valence-electron chi connectivity index (χ3n) is 5.10. The SMILES string of the molecule is Cc1ccc(/C=N\N=C2\S[C@H](C)C(=O)N2Cc2cccc3ccccc23)c(C)c1. The Balaban J connectivity index is 1.61. The minimum atomic E-state index is -0.153. The Kier molecular flexibility index (Phi) is 5.49. The summed E-state index contributed by atoms with van der Waals surface area (Å²) in [5.74, 6) is 0.0726. The van der Waals surface area contributed by atoms with Gasteiger partial charge in [0.15, 0.2) is 5.17 Å². The van der Waals surface area contributed by atoms with Gasteiger partial charge in [0.1, 0.15) is 0 Å². The average Bonchev–Trinajstić information content (AvgIpc) is 2.97. The molecule has 0 spiro atoms. The lowest BCUT2D eigenvalue weighted by atomic mass is 10.0. The molecule has 1 fully saturated rings. The van der Waals surface area contributed by atoms with E-state index < -0.39 is 0 Å². The molecular formula is C24H23N3OS. The first kappa shape index (κ1) is 19.4. The molecule has 3 aromatic rings. The van der Waals surface area contributed by atoms with Gasteiger partial charge in [-0.3, -0.25) is 9.69 Å². The van der Waals surface area contributed by atoms with Crippen molar-refractivity contribution in [1.29, 1.82) is 0 Å². The Hall–Kier alpha value is -2.92. The summed E-state index contributed by atoms with van der Waals surface area (Å²) in [5, 5.41) is 11.5. The van der Waals surface area contributed by atoms with Gasteiger partial charge in [-0.1, -0.05) is 78.0 Å². The van der Waals surface area contributed by atoms with Gasteiger partial charge in [0.25, 0.3) is 0 Å². The molecule has 146 valence electrons. The largest absolute Gasteiger partial charge is 0.284 e. The van der Waals surface area contributed by atoms with Gasteiger partial charge in [-0.15, -0.1) is 5.10 Å². The molecule has 0 N–H and O–H groups in total. The van der Waals surface area contributed by atoms with E-state index in [-0.39, 0.29) is 11.2 Å². The molecule has 0 aromatic heterocycles. The summed E-state index contributed by atoms with van der Waals surface area (Å²) in [4.78, 5) is 14.5. The number of fused-ring (bicyclic) bond motifs is 1. The monoisotopic (exact) mass is 401 g/mol. The molecule has 4 rings (SSSR count). The first-order chi connectivity index (χ1) is 14.0. The highest BCUT2D eigenvalue weighted by Crippen LogP contribution is 2.30. The molecule has 29 heavy (non-hydrogen) atoms. The Morgan fingerprint density at radius 1 is 1.07 bits per heavy atom. The van der Waals surface area contributed by atoms with Crippen molar-refractivity contribution in [3.05, 3.63) is 82.9 Å². The molecule has 5 heteroatoms. The number of hydrogen-bond donors (Lipinski definition) is 0. The van der Waals surface area contributed by atoms with E-state index in [1.807, 2.05) is 31.2 Å². The van der Waals surface area contributed by atoms with Crippen molar-refractivity contribution < 1.29 is 4.79 Å². The maximum absolute atomic E-state index is 12.8. The summed E-state index contributed by atoms with van der Waals surface area (Å²) in [6, 6.07) is 20.6. The van der Waals surface area contributed by atoms with Crippen LogP contribution in [0.2, 0.25) is 0 Å². The number of hydrogen-bond acceptors (Lipinski definition) is 4. The van der Waals surface area contributed by atoms with Crippen molar-refractivity contribution in [2.24, 2.45) is 10.2 Å². The molecule has 1 atom stereocenters. The van der Waals surface area contributed by atoms with Crippen molar-refractivity contribution in [2.45, 2.75) is 32.6 Å². The van der Waals surface area contributed by atoms with Crippen LogP contribution in [0, 0.1) is 13.8 Å². The number of rotatable bonds is 4. The van der Waals surface area contributed by atoms with E-state index in [0.717, 1.165) is 22.1 Å². The van der Waals surface area contributed by atoms with Crippen LogP contribution < -0.4 is 0 Å². The van der Waals surface area contributed by atoms with Gasteiger partial charge in [-0.2, -0.15) is 5.10 Å². The third kappa shape index (κ3) is 4.10. The predicted octanol–water partition coefficient (Wildman–Crippen LogP) is 5.31. The Morgan fingerprint density at radius 3 is 2.69 bits per heavy atom. The summed E-state index contributed by atoms with van der Waals surface area (Å²) in [7, 11) is 0. The summed E-state index contributed by atoms with van der Waals surface area (Å²) < 4.78 is 0. The Labute approximate surface area is 175 Å². The van der Waals surface area contributed by atoms with E-state index in [1.54, 1.807) is 11.1 Å². The van der Waals surface area contributed by atoms with Gasteiger partial charge >= 0.3 is 0 Å². The second-order valence-corrected chi connectivity index (χ2v) is 8.62. The zero-order valence-electron chi connectivity index (χ0n) is 16.8. The zero-order chi connectivity index (χ0) is 20.4. The van der Waals surface area contributed by atoms with Crippen LogP contribution in [-0.2, 0) is 11.3 Å². The van der Waals surface area contributed by atoms with Gasteiger partial charge in [-0.05, 0) is 48.2 Å². The van der Waals surface area contributed by atoms with E-state index in [4.69, 9.17) is 0 Å². The van der Waals surface area contributed by atoms with Crippen LogP contribution in [0.5, 0.6) is 0 Å². The lowest BCUT2D eigenvalue weighted by molar-refractivity contribution is -0.126. The van der Waals surface area contributed by atoms with Crippen molar-refractivity contribution in [1.82, 2.24) is 4.90 Å². The number of thioether (sulfide) groups is 1. The predicted molar refractivity (Wildman–Crippen MR) is 122 cm³/mol. The molecular weight excluding hydrogens is 378 g/mol. The van der Waals surface area contributed by atoms with Crippen molar-refractivity contribution in [3.63, 3.8) is 0 Å². The van der Waals surface area contributed by atoms with E-state index in [1.165, 1.54) is 22.7 Å². The molecule has 1 aliphatic rings. The maximum atomic E-state index is 12.8. The fraction of sp³-hybridized carbons (Fsp3) is 0.208. The highest BCUT2D eigenvalue weighted by Gasteiger charge is 2.35. The lowest BCUT2D eigenvalue weighted by Gasteiger charge is -2.17. The van der Waals surface area contributed by atoms with Gasteiger partial charge in [0.2, 0.25) is 5.91 Å². The first-order valence-electron chi connectivity index (χ1n) is 9.66. The van der Waals surface area contributed by atoms with Crippen molar-refractivity contribution in [2.75, 3.05) is 0 Å². The molecule has 1 aliphatic heterocycles. The summed E-state index contributed by atoms with van der Waals surface area (Å²) in [5.41, 5.74) is 4.52. The first-order valence-corrected chi connectivity index (χ1v) is 10.5. The highest BCUT2D eigenvalue weighted by atomic mass is 32.2. The molecule has 0 bridgehead atoms. The highest BCUT2D eigenvalue weighted by molar-refractivity contribution is 8.15. The Morgan fingerprint density at radius 2 is 1.86 bits per heavy atom. The van der Waals surface area contributed by atoms with Crippen LogP contribution in [0.4, 0.5) is 0 Å². The van der Waals surface area contributed by atoms with Crippen LogP contribution in [-0.4, -0.2) is 27.4 Å². The van der Waals surface area contributed by atoms with E-state index in [0.29, 0.717) is 11.7 Å². The van der Waals surface area contributed by atoms with Crippen LogP contribution in [0.15, 0.2) is 70.9 Å². The fourth-order valence-corrected chi connectivity index (χ4v) is 4.44.